The van der Waals surface area contributed by atoms with Gasteiger partial charge in [0.2, 0.25) is 0 Å². The highest BCUT2D eigenvalue weighted by Crippen LogP contribution is 2.30. The SMILES string of the molecule is CC(C)(C)OC(=O)N1CCN(c2ccc(C(=O)Cl)cc2Cl)CC1.CC(C)(C)OC(=O)N1CCN(c2ccc(C(=O)O)cc2Cl)CC1. The van der Waals surface area contributed by atoms with Gasteiger partial charge in [0.25, 0.3) is 5.24 Å². The van der Waals surface area contributed by atoms with E-state index in [1.165, 1.54) is 12.1 Å². The lowest BCUT2D eigenvalue weighted by Crippen LogP contribution is -2.50. The Morgan fingerprint density at radius 1 is 0.630 bits per heavy atom. The molecule has 2 fully saturated rings. The molecule has 14 heteroatoms. The van der Waals surface area contributed by atoms with Gasteiger partial charge in [0, 0.05) is 57.9 Å². The number of amides is 2. The van der Waals surface area contributed by atoms with Crippen LogP contribution in [0.2, 0.25) is 10.0 Å². The van der Waals surface area contributed by atoms with Gasteiger partial charge in [-0.3, -0.25) is 4.79 Å². The zero-order chi connectivity index (χ0) is 34.4. The number of nitrogens with zero attached hydrogens (tertiary/aromatic N) is 4. The van der Waals surface area contributed by atoms with Gasteiger partial charge in [0.15, 0.2) is 0 Å². The Bertz CT molecular complexity index is 1320. The second-order valence-corrected chi connectivity index (χ2v) is 14.0. The molecule has 2 saturated heterocycles. The maximum atomic E-state index is 12.1. The first-order valence-corrected chi connectivity index (χ1v) is 16.0. The molecule has 1 N–H and O–H groups in total. The molecule has 2 amide bonds. The number of hydrogen-bond acceptors (Lipinski definition) is 8. The molecule has 0 spiro atoms. The Hall–Kier alpha value is -3.41. The summed E-state index contributed by atoms with van der Waals surface area (Å²) in [6.45, 7) is 15.8. The van der Waals surface area contributed by atoms with E-state index < -0.39 is 22.4 Å². The molecular weight excluding hydrogens is 659 g/mol. The highest BCUT2D eigenvalue weighted by Gasteiger charge is 2.28. The van der Waals surface area contributed by atoms with Crippen LogP contribution in [0.4, 0.5) is 21.0 Å². The highest BCUT2D eigenvalue weighted by atomic mass is 35.5. The van der Waals surface area contributed by atoms with Gasteiger partial charge in [-0.1, -0.05) is 23.2 Å². The van der Waals surface area contributed by atoms with Crippen molar-refractivity contribution in [1.82, 2.24) is 9.80 Å². The second-order valence-electron chi connectivity index (χ2n) is 12.8. The van der Waals surface area contributed by atoms with Crippen LogP contribution in [0.15, 0.2) is 36.4 Å². The first-order valence-electron chi connectivity index (χ1n) is 14.8. The quantitative estimate of drug-likeness (QED) is 0.341. The van der Waals surface area contributed by atoms with Crippen molar-refractivity contribution in [3.63, 3.8) is 0 Å². The van der Waals surface area contributed by atoms with Crippen molar-refractivity contribution in [3.8, 4) is 0 Å². The summed E-state index contributed by atoms with van der Waals surface area (Å²) in [7, 11) is 0. The number of ether oxygens (including phenoxy) is 2. The van der Waals surface area contributed by atoms with Crippen molar-refractivity contribution in [1.29, 1.82) is 0 Å². The van der Waals surface area contributed by atoms with E-state index >= 15 is 0 Å². The fourth-order valence-corrected chi connectivity index (χ4v) is 5.41. The average Bonchev–Trinajstić information content (AvgIpc) is 2.96. The van der Waals surface area contributed by atoms with Crippen LogP contribution in [-0.2, 0) is 9.47 Å². The summed E-state index contributed by atoms with van der Waals surface area (Å²) in [5.41, 5.74) is 1.13. The summed E-state index contributed by atoms with van der Waals surface area (Å²) < 4.78 is 10.7. The number of anilines is 2. The van der Waals surface area contributed by atoms with Crippen molar-refractivity contribution in [2.24, 2.45) is 0 Å². The van der Waals surface area contributed by atoms with Crippen molar-refractivity contribution in [3.05, 3.63) is 57.6 Å². The van der Waals surface area contributed by atoms with Gasteiger partial charge in [-0.2, -0.15) is 0 Å². The van der Waals surface area contributed by atoms with E-state index in [2.05, 4.69) is 4.90 Å². The Labute approximate surface area is 284 Å². The van der Waals surface area contributed by atoms with E-state index in [1.54, 1.807) is 34.1 Å². The second kappa shape index (κ2) is 15.5. The average molecular weight is 700 g/mol. The molecule has 0 saturated carbocycles. The van der Waals surface area contributed by atoms with Crippen LogP contribution in [0.5, 0.6) is 0 Å². The molecule has 2 aliphatic rings. The van der Waals surface area contributed by atoms with E-state index in [0.717, 1.165) is 11.4 Å². The standard InChI is InChI=1S/C16H20Cl2N2O3.C16H21ClN2O4/c1-16(2,3)23-15(22)20-8-6-19(7-9-20)13-5-4-11(14(18)21)10-12(13)17;1-16(2,3)23-15(22)19-8-6-18(7-9-19)13-5-4-11(14(20)21)10-12(13)17/h4-5,10H,6-9H2,1-3H3;4-5,10H,6-9H2,1-3H3,(H,20,21). The van der Waals surface area contributed by atoms with Crippen LogP contribution in [0, 0.1) is 0 Å². The lowest BCUT2D eigenvalue weighted by atomic mass is 10.2. The van der Waals surface area contributed by atoms with Gasteiger partial charge in [-0.25, -0.2) is 14.4 Å². The monoisotopic (exact) mass is 698 g/mol. The van der Waals surface area contributed by atoms with Gasteiger partial charge in [-0.15, -0.1) is 0 Å². The van der Waals surface area contributed by atoms with Crippen LogP contribution in [-0.4, -0.2) is 102 Å². The first kappa shape index (κ1) is 37.1. The molecule has 11 nitrogen and oxygen atoms in total. The van der Waals surface area contributed by atoms with Crippen molar-refractivity contribution < 1.29 is 33.8 Å². The normalized spacial score (nSPS) is 15.5. The third kappa shape index (κ3) is 10.8. The number of carbonyl (C=O) groups is 4. The largest absolute Gasteiger partial charge is 0.478 e. The number of carboxylic acids is 1. The maximum absolute atomic E-state index is 12.1. The summed E-state index contributed by atoms with van der Waals surface area (Å²) in [5.74, 6) is -1.01. The number of piperazine rings is 2. The fraction of sp³-hybridized carbons (Fsp3) is 0.500. The zero-order valence-corrected chi connectivity index (χ0v) is 29.2. The lowest BCUT2D eigenvalue weighted by Gasteiger charge is -2.37. The molecule has 2 aromatic rings. The predicted octanol–water partition coefficient (Wildman–Crippen LogP) is 6.87. The number of benzene rings is 2. The topological polar surface area (TPSA) is 120 Å². The molecule has 252 valence electrons. The Balaban J connectivity index is 0.000000250. The van der Waals surface area contributed by atoms with Gasteiger partial charge in [0.1, 0.15) is 11.2 Å². The van der Waals surface area contributed by atoms with Crippen molar-refractivity contribution in [2.45, 2.75) is 52.7 Å². The molecular formula is C32H41Cl3N4O7. The minimum Gasteiger partial charge on any atom is -0.478 e. The summed E-state index contributed by atoms with van der Waals surface area (Å²) >= 11 is 17.9. The van der Waals surface area contributed by atoms with Crippen molar-refractivity contribution >= 4 is 69.6 Å². The van der Waals surface area contributed by atoms with Gasteiger partial charge in [-0.05, 0) is 89.5 Å². The molecule has 0 unspecified atom stereocenters. The van der Waals surface area contributed by atoms with Crippen LogP contribution in [0.1, 0.15) is 62.3 Å². The summed E-state index contributed by atoms with van der Waals surface area (Å²) in [6.07, 6.45) is -0.615. The van der Waals surface area contributed by atoms with Crippen LogP contribution in [0.3, 0.4) is 0 Å². The highest BCUT2D eigenvalue weighted by molar-refractivity contribution is 6.67. The molecule has 0 atom stereocenters. The number of carbonyl (C=O) groups excluding carboxylic acids is 3. The Morgan fingerprint density at radius 3 is 1.28 bits per heavy atom. The third-order valence-electron chi connectivity index (χ3n) is 6.91. The summed E-state index contributed by atoms with van der Waals surface area (Å²) in [5, 5.41) is 9.31. The predicted molar refractivity (Wildman–Crippen MR) is 180 cm³/mol. The molecule has 2 heterocycles. The van der Waals surface area contributed by atoms with Gasteiger partial charge >= 0.3 is 18.2 Å². The lowest BCUT2D eigenvalue weighted by molar-refractivity contribution is 0.0230. The van der Waals surface area contributed by atoms with E-state index in [1.807, 2.05) is 46.4 Å². The number of carboxylic acid groups (broad SMARTS) is 1. The maximum Gasteiger partial charge on any atom is 0.410 e. The smallest absolute Gasteiger partial charge is 0.410 e. The molecule has 0 radical (unpaired) electrons. The Kier molecular flexibility index (Phi) is 12.4. The third-order valence-corrected chi connectivity index (χ3v) is 7.74. The molecule has 0 aromatic heterocycles. The van der Waals surface area contributed by atoms with E-state index in [0.29, 0.717) is 68.0 Å². The van der Waals surface area contributed by atoms with Crippen LogP contribution < -0.4 is 9.80 Å². The van der Waals surface area contributed by atoms with E-state index in [4.69, 9.17) is 49.4 Å². The number of rotatable bonds is 4. The van der Waals surface area contributed by atoms with Crippen LogP contribution in [0.25, 0.3) is 0 Å². The van der Waals surface area contributed by atoms with Gasteiger partial charge in [0.05, 0.1) is 27.0 Å². The van der Waals surface area contributed by atoms with E-state index in [9.17, 15) is 19.2 Å². The summed E-state index contributed by atoms with van der Waals surface area (Å²) in [6, 6.07) is 9.67. The minimum atomic E-state index is -1.01. The molecule has 0 bridgehead atoms. The first-order chi connectivity index (χ1) is 21.3. The van der Waals surface area contributed by atoms with Gasteiger partial charge < -0.3 is 34.2 Å². The van der Waals surface area contributed by atoms with Crippen molar-refractivity contribution in [2.75, 3.05) is 62.2 Å². The minimum absolute atomic E-state index is 0.158. The molecule has 4 rings (SSSR count). The molecule has 46 heavy (non-hydrogen) atoms. The Morgan fingerprint density at radius 2 is 0.978 bits per heavy atom. The van der Waals surface area contributed by atoms with Crippen LogP contribution >= 0.6 is 34.8 Å². The van der Waals surface area contributed by atoms with E-state index in [-0.39, 0.29) is 17.7 Å². The fourth-order valence-electron chi connectivity index (χ4n) is 4.69. The number of aromatic carboxylic acids is 1. The zero-order valence-electron chi connectivity index (χ0n) is 26.9. The molecule has 2 aromatic carbocycles. The molecule has 2 aliphatic heterocycles. The molecule has 0 aliphatic carbocycles. The summed E-state index contributed by atoms with van der Waals surface area (Å²) in [4.78, 5) is 53.6. The number of halogens is 3. The number of hydrogen-bond donors (Lipinski definition) is 1.